The molecule has 0 aliphatic heterocycles. The predicted octanol–water partition coefficient (Wildman–Crippen LogP) is 1.84. The summed E-state index contributed by atoms with van der Waals surface area (Å²) in [6.07, 6.45) is 3.93. The molecule has 108 valence electrons. The lowest BCUT2D eigenvalue weighted by Crippen LogP contribution is -2.18. The zero-order chi connectivity index (χ0) is 14.4. The van der Waals surface area contributed by atoms with E-state index in [1.807, 2.05) is 6.20 Å². The maximum absolute atomic E-state index is 8.83. The standard InChI is InChI=1S/C14H20N4OS/c1-11(12-3-5-14(20-2)6-4-12)15-9-13-10-18(7-8-19)17-16-13/h3-6,10-11,15,19H,7-9H2,1-2H3. The van der Waals surface area contributed by atoms with E-state index in [1.54, 1.807) is 16.4 Å². The van der Waals surface area contributed by atoms with Crippen molar-refractivity contribution in [2.24, 2.45) is 0 Å². The maximum atomic E-state index is 8.83. The molecule has 1 aromatic carbocycles. The first-order chi connectivity index (χ1) is 9.72. The number of benzene rings is 1. The Labute approximate surface area is 123 Å². The summed E-state index contributed by atoms with van der Waals surface area (Å²) in [4.78, 5) is 1.27. The largest absolute Gasteiger partial charge is 0.394 e. The molecule has 20 heavy (non-hydrogen) atoms. The average Bonchev–Trinajstić information content (AvgIpc) is 2.93. The van der Waals surface area contributed by atoms with Gasteiger partial charge in [-0.25, -0.2) is 4.68 Å². The second-order valence-corrected chi connectivity index (χ2v) is 5.45. The Morgan fingerprint density at radius 3 is 2.75 bits per heavy atom. The molecule has 0 saturated carbocycles. The van der Waals surface area contributed by atoms with Crippen LogP contribution in [-0.4, -0.2) is 33.0 Å². The molecule has 1 heterocycles. The summed E-state index contributed by atoms with van der Waals surface area (Å²) in [6, 6.07) is 8.82. The third kappa shape index (κ3) is 4.06. The summed E-state index contributed by atoms with van der Waals surface area (Å²) in [6.45, 7) is 3.36. The van der Waals surface area contributed by atoms with Crippen LogP contribution in [0, 0.1) is 0 Å². The highest BCUT2D eigenvalue weighted by molar-refractivity contribution is 7.98. The second-order valence-electron chi connectivity index (χ2n) is 4.57. The van der Waals surface area contributed by atoms with E-state index in [-0.39, 0.29) is 12.6 Å². The van der Waals surface area contributed by atoms with Gasteiger partial charge in [0.2, 0.25) is 0 Å². The summed E-state index contributed by atoms with van der Waals surface area (Å²) in [5.74, 6) is 0. The van der Waals surface area contributed by atoms with Crippen LogP contribution in [-0.2, 0) is 13.1 Å². The average molecular weight is 292 g/mol. The fraction of sp³-hybridized carbons (Fsp3) is 0.429. The van der Waals surface area contributed by atoms with Crippen molar-refractivity contribution in [3.05, 3.63) is 41.7 Å². The Balaban J connectivity index is 1.88. The SMILES string of the molecule is CSc1ccc(C(C)NCc2cn(CCO)nn2)cc1. The topological polar surface area (TPSA) is 63.0 Å². The van der Waals surface area contributed by atoms with Crippen LogP contribution in [0.25, 0.3) is 0 Å². The van der Waals surface area contributed by atoms with E-state index >= 15 is 0 Å². The van der Waals surface area contributed by atoms with E-state index in [0.717, 1.165) is 5.69 Å². The molecular weight excluding hydrogens is 272 g/mol. The summed E-state index contributed by atoms with van der Waals surface area (Å²) in [7, 11) is 0. The van der Waals surface area contributed by atoms with Crippen LogP contribution in [0.1, 0.15) is 24.2 Å². The first-order valence-corrected chi connectivity index (χ1v) is 7.82. The Bertz CT molecular complexity index is 526. The van der Waals surface area contributed by atoms with Gasteiger partial charge in [-0.2, -0.15) is 0 Å². The molecule has 1 aromatic heterocycles. The van der Waals surface area contributed by atoms with Crippen LogP contribution in [0.15, 0.2) is 35.4 Å². The van der Waals surface area contributed by atoms with Gasteiger partial charge < -0.3 is 10.4 Å². The van der Waals surface area contributed by atoms with Crippen LogP contribution < -0.4 is 5.32 Å². The molecule has 2 N–H and O–H groups in total. The minimum Gasteiger partial charge on any atom is -0.394 e. The number of aliphatic hydroxyl groups is 1. The Hall–Kier alpha value is -1.37. The summed E-state index contributed by atoms with van der Waals surface area (Å²) in [5.41, 5.74) is 2.14. The molecule has 0 bridgehead atoms. The molecule has 0 aliphatic carbocycles. The van der Waals surface area contributed by atoms with Crippen molar-refractivity contribution in [2.45, 2.75) is 31.0 Å². The lowest BCUT2D eigenvalue weighted by atomic mass is 10.1. The van der Waals surface area contributed by atoms with Gasteiger partial charge in [-0.1, -0.05) is 17.3 Å². The van der Waals surface area contributed by atoms with Crippen molar-refractivity contribution >= 4 is 11.8 Å². The number of thioether (sulfide) groups is 1. The first-order valence-electron chi connectivity index (χ1n) is 6.60. The molecule has 1 unspecified atom stereocenters. The maximum Gasteiger partial charge on any atom is 0.0965 e. The molecule has 0 fully saturated rings. The minimum absolute atomic E-state index is 0.0778. The highest BCUT2D eigenvalue weighted by Gasteiger charge is 2.06. The second kappa shape index (κ2) is 7.42. The van der Waals surface area contributed by atoms with Gasteiger partial charge in [0, 0.05) is 23.7 Å². The van der Waals surface area contributed by atoms with Crippen LogP contribution in [0.4, 0.5) is 0 Å². The molecular formula is C14H20N4OS. The third-order valence-corrected chi connectivity index (χ3v) is 3.86. The highest BCUT2D eigenvalue weighted by atomic mass is 32.2. The number of hydrogen-bond acceptors (Lipinski definition) is 5. The minimum atomic E-state index is 0.0778. The van der Waals surface area contributed by atoms with Crippen LogP contribution in [0.2, 0.25) is 0 Å². The zero-order valence-electron chi connectivity index (χ0n) is 11.8. The monoisotopic (exact) mass is 292 g/mol. The Morgan fingerprint density at radius 2 is 2.10 bits per heavy atom. The molecule has 5 nitrogen and oxygen atoms in total. The van der Waals surface area contributed by atoms with Crippen molar-refractivity contribution < 1.29 is 5.11 Å². The fourth-order valence-electron chi connectivity index (χ4n) is 1.90. The summed E-state index contributed by atoms with van der Waals surface area (Å²) < 4.78 is 1.65. The molecule has 0 spiro atoms. The number of aliphatic hydroxyl groups excluding tert-OH is 1. The van der Waals surface area contributed by atoms with Crippen LogP contribution in [0.5, 0.6) is 0 Å². The van der Waals surface area contributed by atoms with Gasteiger partial charge >= 0.3 is 0 Å². The van der Waals surface area contributed by atoms with Gasteiger partial charge in [-0.05, 0) is 30.9 Å². The first kappa shape index (κ1) is 15.0. The molecule has 0 saturated heterocycles. The number of nitrogens with one attached hydrogen (secondary N) is 1. The fourth-order valence-corrected chi connectivity index (χ4v) is 2.31. The summed E-state index contributed by atoms with van der Waals surface area (Å²) in [5, 5.41) is 20.3. The molecule has 0 aliphatic rings. The van der Waals surface area contributed by atoms with Gasteiger partial charge in [0.05, 0.1) is 18.8 Å². The zero-order valence-corrected chi connectivity index (χ0v) is 12.6. The summed E-state index contributed by atoms with van der Waals surface area (Å²) >= 11 is 1.74. The normalized spacial score (nSPS) is 12.6. The van der Waals surface area contributed by atoms with Crippen molar-refractivity contribution in [1.82, 2.24) is 20.3 Å². The molecule has 1 atom stereocenters. The predicted molar refractivity (Wildman–Crippen MR) is 80.6 cm³/mol. The Morgan fingerprint density at radius 1 is 1.35 bits per heavy atom. The van der Waals surface area contributed by atoms with Crippen LogP contribution >= 0.6 is 11.8 Å². The van der Waals surface area contributed by atoms with E-state index in [2.05, 4.69) is 53.1 Å². The molecule has 0 amide bonds. The van der Waals surface area contributed by atoms with E-state index in [4.69, 9.17) is 5.11 Å². The lowest BCUT2D eigenvalue weighted by Gasteiger charge is -2.13. The number of hydrogen-bond donors (Lipinski definition) is 2. The molecule has 2 rings (SSSR count). The van der Waals surface area contributed by atoms with E-state index < -0.39 is 0 Å². The quantitative estimate of drug-likeness (QED) is 0.763. The number of aromatic nitrogens is 3. The highest BCUT2D eigenvalue weighted by Crippen LogP contribution is 2.19. The number of rotatable bonds is 7. The van der Waals surface area contributed by atoms with E-state index in [9.17, 15) is 0 Å². The van der Waals surface area contributed by atoms with Crippen molar-refractivity contribution in [2.75, 3.05) is 12.9 Å². The van der Waals surface area contributed by atoms with E-state index in [1.165, 1.54) is 10.5 Å². The Kier molecular flexibility index (Phi) is 5.58. The van der Waals surface area contributed by atoms with Crippen molar-refractivity contribution in [3.63, 3.8) is 0 Å². The van der Waals surface area contributed by atoms with Crippen molar-refractivity contribution in [1.29, 1.82) is 0 Å². The van der Waals surface area contributed by atoms with Gasteiger partial charge in [0.25, 0.3) is 0 Å². The third-order valence-electron chi connectivity index (χ3n) is 3.12. The van der Waals surface area contributed by atoms with E-state index in [0.29, 0.717) is 13.1 Å². The number of nitrogens with zero attached hydrogens (tertiary/aromatic N) is 3. The van der Waals surface area contributed by atoms with Crippen molar-refractivity contribution in [3.8, 4) is 0 Å². The van der Waals surface area contributed by atoms with Gasteiger partial charge in [0.1, 0.15) is 0 Å². The van der Waals surface area contributed by atoms with Crippen LogP contribution in [0.3, 0.4) is 0 Å². The van der Waals surface area contributed by atoms with Gasteiger partial charge in [0.15, 0.2) is 0 Å². The lowest BCUT2D eigenvalue weighted by molar-refractivity contribution is 0.268. The van der Waals surface area contributed by atoms with Gasteiger partial charge in [-0.15, -0.1) is 16.9 Å². The molecule has 2 aromatic rings. The smallest absolute Gasteiger partial charge is 0.0965 e. The van der Waals surface area contributed by atoms with Gasteiger partial charge in [-0.3, -0.25) is 0 Å². The molecule has 0 radical (unpaired) electrons. The molecule has 6 heteroatoms.